The van der Waals surface area contributed by atoms with Crippen molar-refractivity contribution in [1.82, 2.24) is 4.98 Å². The molecule has 0 radical (unpaired) electrons. The number of alkyl halides is 3. The molecule has 0 aliphatic heterocycles. The van der Waals surface area contributed by atoms with Crippen LogP contribution in [-0.4, -0.2) is 16.6 Å². The Labute approximate surface area is 134 Å². The molecule has 0 saturated heterocycles. The maximum atomic E-state index is 12.4. The summed E-state index contributed by atoms with van der Waals surface area (Å²) in [5, 5.41) is 13.5. The zero-order valence-corrected chi connectivity index (χ0v) is 12.5. The van der Waals surface area contributed by atoms with E-state index in [1.807, 2.05) is 0 Å². The lowest BCUT2D eigenvalue weighted by atomic mass is 10.1. The van der Waals surface area contributed by atoms with Crippen LogP contribution in [0.5, 0.6) is 0 Å². The molecule has 3 nitrogen and oxygen atoms in total. The minimum atomic E-state index is -4.43. The van der Waals surface area contributed by atoms with Crippen molar-refractivity contribution in [3.05, 3.63) is 57.7 Å². The molecule has 1 aromatic carbocycles. The number of aliphatic hydroxyl groups excluding tert-OH is 1. The normalized spacial score (nSPS) is 13.0. The molecule has 2 aromatic rings. The summed E-state index contributed by atoms with van der Waals surface area (Å²) in [6.45, 7) is 0.0506. The fourth-order valence-corrected chi connectivity index (χ4v) is 2.30. The van der Waals surface area contributed by atoms with E-state index in [0.29, 0.717) is 15.6 Å². The van der Waals surface area contributed by atoms with E-state index >= 15 is 0 Å². The van der Waals surface area contributed by atoms with Crippen LogP contribution >= 0.6 is 23.2 Å². The Morgan fingerprint density at radius 2 is 1.77 bits per heavy atom. The van der Waals surface area contributed by atoms with Crippen LogP contribution < -0.4 is 5.32 Å². The number of hydrogen-bond donors (Lipinski definition) is 2. The second-order valence-electron chi connectivity index (χ2n) is 4.53. The average molecular weight is 351 g/mol. The highest BCUT2D eigenvalue weighted by molar-refractivity contribution is 6.34. The number of rotatable bonds is 4. The molecule has 0 fully saturated rings. The number of aliphatic hydroxyl groups is 1. The number of nitrogens with one attached hydrogen (secondary N) is 1. The van der Waals surface area contributed by atoms with Gasteiger partial charge in [0.1, 0.15) is 5.82 Å². The third-order valence-electron chi connectivity index (χ3n) is 2.84. The van der Waals surface area contributed by atoms with Crippen LogP contribution in [0.4, 0.5) is 19.0 Å². The van der Waals surface area contributed by atoms with Gasteiger partial charge in [0, 0.05) is 22.8 Å². The van der Waals surface area contributed by atoms with E-state index < -0.39 is 17.8 Å². The second kappa shape index (κ2) is 6.73. The first-order chi connectivity index (χ1) is 10.3. The molecule has 1 aromatic heterocycles. The number of halogens is 5. The Morgan fingerprint density at radius 3 is 2.27 bits per heavy atom. The maximum Gasteiger partial charge on any atom is 0.417 e. The topological polar surface area (TPSA) is 45.1 Å². The van der Waals surface area contributed by atoms with Crippen molar-refractivity contribution in [1.29, 1.82) is 0 Å². The van der Waals surface area contributed by atoms with Crippen LogP contribution in [0.15, 0.2) is 36.5 Å². The van der Waals surface area contributed by atoms with Crippen LogP contribution in [0, 0.1) is 0 Å². The summed E-state index contributed by atoms with van der Waals surface area (Å²) in [5.74, 6) is 0.222. The van der Waals surface area contributed by atoms with E-state index in [1.54, 1.807) is 12.1 Å². The Kier molecular flexibility index (Phi) is 5.16. The molecular weight excluding hydrogens is 340 g/mol. The quantitative estimate of drug-likeness (QED) is 0.849. The SMILES string of the molecule is OC(CNc1ccc(C(F)(F)F)cn1)c1cc(Cl)cc(Cl)c1. The van der Waals surface area contributed by atoms with Gasteiger partial charge in [-0.05, 0) is 35.9 Å². The van der Waals surface area contributed by atoms with Crippen molar-refractivity contribution in [3.8, 4) is 0 Å². The average Bonchev–Trinajstić information content (AvgIpc) is 2.43. The van der Waals surface area contributed by atoms with Gasteiger partial charge in [-0.25, -0.2) is 4.98 Å². The van der Waals surface area contributed by atoms with E-state index in [-0.39, 0.29) is 12.4 Å². The number of anilines is 1. The van der Waals surface area contributed by atoms with Gasteiger partial charge in [0.25, 0.3) is 0 Å². The van der Waals surface area contributed by atoms with Crippen LogP contribution in [0.2, 0.25) is 10.0 Å². The molecule has 0 aliphatic carbocycles. The molecule has 1 heterocycles. The van der Waals surface area contributed by atoms with Gasteiger partial charge in [-0.15, -0.1) is 0 Å². The summed E-state index contributed by atoms with van der Waals surface area (Å²) in [6, 6.07) is 6.75. The predicted molar refractivity (Wildman–Crippen MR) is 79.2 cm³/mol. The fourth-order valence-electron chi connectivity index (χ4n) is 1.75. The second-order valence-corrected chi connectivity index (χ2v) is 5.40. The molecule has 1 atom stereocenters. The highest BCUT2D eigenvalue weighted by Gasteiger charge is 2.30. The Balaban J connectivity index is 2.00. The first-order valence-electron chi connectivity index (χ1n) is 6.17. The molecular formula is C14H11Cl2F3N2O. The number of pyridine rings is 1. The third kappa shape index (κ3) is 4.50. The summed E-state index contributed by atoms with van der Waals surface area (Å²) in [5.41, 5.74) is -0.336. The van der Waals surface area contributed by atoms with Crippen molar-refractivity contribution in [2.45, 2.75) is 12.3 Å². The molecule has 22 heavy (non-hydrogen) atoms. The van der Waals surface area contributed by atoms with Gasteiger partial charge in [0.15, 0.2) is 0 Å². The van der Waals surface area contributed by atoms with Crippen LogP contribution in [0.1, 0.15) is 17.2 Å². The van der Waals surface area contributed by atoms with Crippen molar-refractivity contribution in [2.24, 2.45) is 0 Å². The Bertz CT molecular complexity index is 627. The first-order valence-corrected chi connectivity index (χ1v) is 6.92. The van der Waals surface area contributed by atoms with Gasteiger partial charge in [0.2, 0.25) is 0 Å². The summed E-state index contributed by atoms with van der Waals surface area (Å²) in [7, 11) is 0. The summed E-state index contributed by atoms with van der Waals surface area (Å²) < 4.78 is 37.2. The standard InChI is InChI=1S/C14H11Cl2F3N2O/c15-10-3-8(4-11(16)5-10)12(22)7-21-13-2-1-9(6-20-13)14(17,18)19/h1-6,12,22H,7H2,(H,20,21). The largest absolute Gasteiger partial charge is 0.417 e. The monoisotopic (exact) mass is 350 g/mol. The maximum absolute atomic E-state index is 12.4. The van der Waals surface area contributed by atoms with Crippen LogP contribution in [0.25, 0.3) is 0 Å². The number of aromatic nitrogens is 1. The minimum absolute atomic E-state index is 0.0506. The van der Waals surface area contributed by atoms with E-state index in [4.69, 9.17) is 23.2 Å². The molecule has 0 saturated carbocycles. The van der Waals surface area contributed by atoms with Crippen LogP contribution in [0.3, 0.4) is 0 Å². The van der Waals surface area contributed by atoms with E-state index in [1.165, 1.54) is 12.1 Å². The summed E-state index contributed by atoms with van der Waals surface area (Å²) in [4.78, 5) is 3.65. The molecule has 0 bridgehead atoms. The lowest BCUT2D eigenvalue weighted by molar-refractivity contribution is -0.137. The number of benzene rings is 1. The number of nitrogens with zero attached hydrogens (tertiary/aromatic N) is 1. The summed E-state index contributed by atoms with van der Waals surface area (Å²) >= 11 is 11.7. The fraction of sp³-hybridized carbons (Fsp3) is 0.214. The van der Waals surface area contributed by atoms with Gasteiger partial charge in [-0.2, -0.15) is 13.2 Å². The smallest absolute Gasteiger partial charge is 0.387 e. The molecule has 8 heteroatoms. The van der Waals surface area contributed by atoms with Gasteiger partial charge >= 0.3 is 6.18 Å². The Hall–Kier alpha value is -1.50. The lowest BCUT2D eigenvalue weighted by Gasteiger charge is -2.14. The van der Waals surface area contributed by atoms with Gasteiger partial charge < -0.3 is 10.4 Å². The highest BCUT2D eigenvalue weighted by Crippen LogP contribution is 2.29. The molecule has 1 unspecified atom stereocenters. The molecule has 0 aliphatic rings. The van der Waals surface area contributed by atoms with Crippen molar-refractivity contribution in [2.75, 3.05) is 11.9 Å². The van der Waals surface area contributed by atoms with E-state index in [9.17, 15) is 18.3 Å². The van der Waals surface area contributed by atoms with Gasteiger partial charge in [0.05, 0.1) is 11.7 Å². The third-order valence-corrected chi connectivity index (χ3v) is 3.27. The van der Waals surface area contributed by atoms with Crippen LogP contribution in [-0.2, 0) is 6.18 Å². The van der Waals surface area contributed by atoms with Gasteiger partial charge in [-0.1, -0.05) is 23.2 Å². The number of hydrogen-bond acceptors (Lipinski definition) is 3. The zero-order valence-electron chi connectivity index (χ0n) is 11.0. The molecule has 0 spiro atoms. The summed E-state index contributed by atoms with van der Waals surface area (Å²) in [6.07, 6.45) is -4.63. The van der Waals surface area contributed by atoms with Crippen molar-refractivity contribution in [3.63, 3.8) is 0 Å². The molecule has 118 valence electrons. The zero-order chi connectivity index (χ0) is 16.3. The van der Waals surface area contributed by atoms with E-state index in [0.717, 1.165) is 12.3 Å². The molecule has 2 N–H and O–H groups in total. The van der Waals surface area contributed by atoms with E-state index in [2.05, 4.69) is 10.3 Å². The van der Waals surface area contributed by atoms with Crippen molar-refractivity contribution < 1.29 is 18.3 Å². The van der Waals surface area contributed by atoms with Gasteiger partial charge in [-0.3, -0.25) is 0 Å². The van der Waals surface area contributed by atoms with Crippen molar-refractivity contribution >= 4 is 29.0 Å². The Morgan fingerprint density at radius 1 is 1.14 bits per heavy atom. The highest BCUT2D eigenvalue weighted by atomic mass is 35.5. The minimum Gasteiger partial charge on any atom is -0.387 e. The predicted octanol–water partition coefficient (Wildman–Crippen LogP) is 4.55. The first kappa shape index (κ1) is 16.9. The lowest BCUT2D eigenvalue weighted by Crippen LogP contribution is -2.13. The molecule has 2 rings (SSSR count). The molecule has 0 amide bonds.